The van der Waals surface area contributed by atoms with Crippen molar-refractivity contribution in [2.75, 3.05) is 29.9 Å². The molecule has 128 valence electrons. The van der Waals surface area contributed by atoms with Crippen LogP contribution >= 0.6 is 0 Å². The Morgan fingerprint density at radius 2 is 2.22 bits per heavy atom. The number of hydrogen-bond acceptors (Lipinski definition) is 6. The molecule has 0 saturated carbocycles. The first-order valence-electron chi connectivity index (χ1n) is 8.05. The van der Waals surface area contributed by atoms with Crippen LogP contribution in [0.1, 0.15) is 43.6 Å². The Bertz CT molecular complexity index is 648. The standard InChI is InChI=1S/C15H24N4O3S/c1-3-5-8-16-15-17-9-6-13(18-15)14(20)19(4-2)12-7-10-23(21,22)11-12/h6,9,12H,3-5,7-8,10-11H2,1-2H3,(H,16,17,18). The third-order valence-corrected chi connectivity index (χ3v) is 5.69. The van der Waals surface area contributed by atoms with E-state index in [4.69, 9.17) is 0 Å². The van der Waals surface area contributed by atoms with E-state index < -0.39 is 9.84 Å². The van der Waals surface area contributed by atoms with E-state index in [1.165, 1.54) is 0 Å². The van der Waals surface area contributed by atoms with Crippen molar-refractivity contribution < 1.29 is 13.2 Å². The summed E-state index contributed by atoms with van der Waals surface area (Å²) < 4.78 is 23.3. The van der Waals surface area contributed by atoms with Crippen LogP contribution < -0.4 is 5.32 Å². The molecule has 1 amide bonds. The second kappa shape index (κ2) is 7.72. The molecule has 0 aromatic carbocycles. The highest BCUT2D eigenvalue weighted by Crippen LogP contribution is 2.19. The molecular formula is C15H24N4O3S. The van der Waals surface area contributed by atoms with Crippen molar-refractivity contribution in [3.05, 3.63) is 18.0 Å². The zero-order chi connectivity index (χ0) is 16.9. The highest BCUT2D eigenvalue weighted by Gasteiger charge is 2.34. The molecule has 0 aliphatic carbocycles. The van der Waals surface area contributed by atoms with E-state index >= 15 is 0 Å². The van der Waals surface area contributed by atoms with E-state index in [9.17, 15) is 13.2 Å². The van der Waals surface area contributed by atoms with Crippen LogP contribution in [0, 0.1) is 0 Å². The number of amides is 1. The number of rotatable bonds is 7. The first-order chi connectivity index (χ1) is 11.0. The van der Waals surface area contributed by atoms with Crippen molar-refractivity contribution in [2.45, 2.75) is 39.2 Å². The Balaban J connectivity index is 2.10. The van der Waals surface area contributed by atoms with Crippen molar-refractivity contribution in [3.8, 4) is 0 Å². The van der Waals surface area contributed by atoms with Gasteiger partial charge in [0.2, 0.25) is 5.95 Å². The molecule has 2 rings (SSSR count). The molecule has 1 aliphatic heterocycles. The lowest BCUT2D eigenvalue weighted by Gasteiger charge is -2.26. The van der Waals surface area contributed by atoms with Gasteiger partial charge in [-0.25, -0.2) is 18.4 Å². The van der Waals surface area contributed by atoms with E-state index in [0.29, 0.717) is 24.6 Å². The minimum absolute atomic E-state index is 0.0409. The van der Waals surface area contributed by atoms with Crippen LogP contribution in [0.5, 0.6) is 0 Å². The smallest absolute Gasteiger partial charge is 0.272 e. The highest BCUT2D eigenvalue weighted by atomic mass is 32.2. The Morgan fingerprint density at radius 1 is 1.43 bits per heavy atom. The minimum Gasteiger partial charge on any atom is -0.354 e. The van der Waals surface area contributed by atoms with E-state index in [-0.39, 0.29) is 23.5 Å². The summed E-state index contributed by atoms with van der Waals surface area (Å²) in [4.78, 5) is 22.6. The summed E-state index contributed by atoms with van der Waals surface area (Å²) in [5.74, 6) is 0.379. The fourth-order valence-corrected chi connectivity index (χ4v) is 4.41. The van der Waals surface area contributed by atoms with Crippen LogP contribution in [0.15, 0.2) is 12.3 Å². The van der Waals surface area contributed by atoms with Gasteiger partial charge in [0.1, 0.15) is 5.69 Å². The summed E-state index contributed by atoms with van der Waals surface area (Å²) in [5.41, 5.74) is 0.296. The van der Waals surface area contributed by atoms with Crippen molar-refractivity contribution in [1.29, 1.82) is 0 Å². The first-order valence-corrected chi connectivity index (χ1v) is 9.87. The van der Waals surface area contributed by atoms with Gasteiger partial charge in [0.25, 0.3) is 5.91 Å². The SMILES string of the molecule is CCCCNc1nccc(C(=O)N(CC)C2CCS(=O)(=O)C2)n1. The van der Waals surface area contributed by atoms with Gasteiger partial charge in [-0.05, 0) is 25.8 Å². The van der Waals surface area contributed by atoms with E-state index in [0.717, 1.165) is 19.4 Å². The van der Waals surface area contributed by atoms with Crippen LogP contribution in [0.25, 0.3) is 0 Å². The first kappa shape index (κ1) is 17.7. The summed E-state index contributed by atoms with van der Waals surface area (Å²) in [5, 5.41) is 3.09. The van der Waals surface area contributed by atoms with Gasteiger partial charge in [-0.1, -0.05) is 13.3 Å². The number of carbonyl (C=O) groups is 1. The molecule has 1 atom stereocenters. The van der Waals surface area contributed by atoms with Gasteiger partial charge in [-0.3, -0.25) is 4.79 Å². The number of unbranched alkanes of at least 4 members (excludes halogenated alkanes) is 1. The normalized spacial score (nSPS) is 19.5. The van der Waals surface area contributed by atoms with Gasteiger partial charge in [-0.2, -0.15) is 0 Å². The highest BCUT2D eigenvalue weighted by molar-refractivity contribution is 7.91. The van der Waals surface area contributed by atoms with Crippen LogP contribution in [0.2, 0.25) is 0 Å². The van der Waals surface area contributed by atoms with Crippen molar-refractivity contribution >= 4 is 21.7 Å². The molecular weight excluding hydrogens is 316 g/mol. The fourth-order valence-electron chi connectivity index (χ4n) is 2.68. The average molecular weight is 340 g/mol. The average Bonchev–Trinajstić information content (AvgIpc) is 2.88. The van der Waals surface area contributed by atoms with Gasteiger partial charge in [0.15, 0.2) is 9.84 Å². The molecule has 0 bridgehead atoms. The summed E-state index contributed by atoms with van der Waals surface area (Å²) in [6, 6.07) is 1.31. The molecule has 8 heteroatoms. The van der Waals surface area contributed by atoms with Crippen molar-refractivity contribution in [1.82, 2.24) is 14.9 Å². The molecule has 1 saturated heterocycles. The van der Waals surface area contributed by atoms with Gasteiger partial charge < -0.3 is 10.2 Å². The zero-order valence-electron chi connectivity index (χ0n) is 13.7. The number of carbonyl (C=O) groups excluding carboxylic acids is 1. The summed E-state index contributed by atoms with van der Waals surface area (Å²) in [6.45, 7) is 5.16. The zero-order valence-corrected chi connectivity index (χ0v) is 14.5. The number of nitrogens with one attached hydrogen (secondary N) is 1. The maximum atomic E-state index is 12.7. The lowest BCUT2D eigenvalue weighted by Crippen LogP contribution is -2.41. The molecule has 1 N–H and O–H groups in total. The second-order valence-electron chi connectivity index (χ2n) is 5.69. The maximum Gasteiger partial charge on any atom is 0.272 e. The summed E-state index contributed by atoms with van der Waals surface area (Å²) >= 11 is 0. The predicted molar refractivity (Wildman–Crippen MR) is 89.2 cm³/mol. The molecule has 1 aliphatic rings. The van der Waals surface area contributed by atoms with Gasteiger partial charge >= 0.3 is 0 Å². The molecule has 23 heavy (non-hydrogen) atoms. The third-order valence-electron chi connectivity index (χ3n) is 3.94. The topological polar surface area (TPSA) is 92.3 Å². The third kappa shape index (κ3) is 4.63. The Morgan fingerprint density at radius 3 is 2.83 bits per heavy atom. The molecule has 1 aromatic heterocycles. The van der Waals surface area contributed by atoms with Crippen molar-refractivity contribution in [2.24, 2.45) is 0 Å². The molecule has 1 fully saturated rings. The van der Waals surface area contributed by atoms with Gasteiger partial charge in [0.05, 0.1) is 11.5 Å². The second-order valence-corrected chi connectivity index (χ2v) is 7.92. The number of hydrogen-bond donors (Lipinski definition) is 1. The fraction of sp³-hybridized carbons (Fsp3) is 0.667. The van der Waals surface area contributed by atoms with Crippen LogP contribution in [-0.2, 0) is 9.84 Å². The monoisotopic (exact) mass is 340 g/mol. The lowest BCUT2D eigenvalue weighted by atomic mass is 10.2. The summed E-state index contributed by atoms with van der Waals surface area (Å²) in [6.07, 6.45) is 4.11. The van der Waals surface area contributed by atoms with Crippen molar-refractivity contribution in [3.63, 3.8) is 0 Å². The quantitative estimate of drug-likeness (QED) is 0.753. The largest absolute Gasteiger partial charge is 0.354 e. The molecule has 7 nitrogen and oxygen atoms in total. The Hall–Kier alpha value is -1.70. The van der Waals surface area contributed by atoms with Crippen LogP contribution in [0.3, 0.4) is 0 Å². The molecule has 0 radical (unpaired) electrons. The molecule has 1 unspecified atom stereocenters. The Kier molecular flexibility index (Phi) is 5.92. The van der Waals surface area contributed by atoms with Crippen LogP contribution in [-0.4, -0.2) is 59.8 Å². The lowest BCUT2D eigenvalue weighted by molar-refractivity contribution is 0.0702. The van der Waals surface area contributed by atoms with E-state index in [1.807, 2.05) is 6.92 Å². The minimum atomic E-state index is -3.03. The Labute approximate surface area is 137 Å². The predicted octanol–water partition coefficient (Wildman–Crippen LogP) is 1.34. The molecule has 2 heterocycles. The molecule has 1 aromatic rings. The van der Waals surface area contributed by atoms with Gasteiger partial charge in [-0.15, -0.1) is 0 Å². The number of aromatic nitrogens is 2. The van der Waals surface area contributed by atoms with E-state index in [2.05, 4.69) is 22.2 Å². The maximum absolute atomic E-state index is 12.7. The number of nitrogens with zero attached hydrogens (tertiary/aromatic N) is 3. The van der Waals surface area contributed by atoms with E-state index in [1.54, 1.807) is 17.2 Å². The van der Waals surface area contributed by atoms with Gasteiger partial charge in [0, 0.05) is 25.3 Å². The number of anilines is 1. The van der Waals surface area contributed by atoms with Crippen LogP contribution in [0.4, 0.5) is 5.95 Å². The number of sulfone groups is 1. The molecule has 0 spiro atoms. The summed E-state index contributed by atoms with van der Waals surface area (Å²) in [7, 11) is -3.03.